The number of methoxy groups -OCH3 is 1. The molecule has 2 unspecified atom stereocenters. The summed E-state index contributed by atoms with van der Waals surface area (Å²) in [6.07, 6.45) is 3.01. The number of nitrogens with one attached hydrogen (secondary N) is 2. The predicted octanol–water partition coefficient (Wildman–Crippen LogP) is 0.622. The first-order valence-electron chi connectivity index (χ1n) is 4.47. The van der Waals surface area contributed by atoms with Crippen molar-refractivity contribution >= 4 is 5.91 Å². The largest absolute Gasteiger partial charge is 0.372 e. The van der Waals surface area contributed by atoms with Crippen molar-refractivity contribution in [3.8, 4) is 0 Å². The number of hydrogen-bond acceptors (Lipinski definition) is 3. The van der Waals surface area contributed by atoms with Gasteiger partial charge in [-0.25, -0.2) is 0 Å². The third-order valence-corrected chi connectivity index (χ3v) is 2.10. The lowest BCUT2D eigenvalue weighted by Crippen LogP contribution is -2.35. The molecule has 5 nitrogen and oxygen atoms in total. The summed E-state index contributed by atoms with van der Waals surface area (Å²) >= 11 is 0. The standard InChI is InChI=1S/C9H15N3O2/c1-6(8-4-10-11-5-8)12-9(13)7(2)14-3/h4-7H,1-3H3,(H,10,11)(H,12,13). The van der Waals surface area contributed by atoms with Gasteiger partial charge in [-0.3, -0.25) is 9.89 Å². The summed E-state index contributed by atoms with van der Waals surface area (Å²) < 4.78 is 4.89. The molecule has 0 aliphatic heterocycles. The van der Waals surface area contributed by atoms with Gasteiger partial charge in [0.25, 0.3) is 0 Å². The van der Waals surface area contributed by atoms with Crippen molar-refractivity contribution in [3.63, 3.8) is 0 Å². The van der Waals surface area contributed by atoms with Crippen molar-refractivity contribution in [2.45, 2.75) is 26.0 Å². The van der Waals surface area contributed by atoms with Crippen LogP contribution < -0.4 is 5.32 Å². The number of H-pyrrole nitrogens is 1. The van der Waals surface area contributed by atoms with Crippen molar-refractivity contribution in [1.82, 2.24) is 15.5 Å². The van der Waals surface area contributed by atoms with Crippen molar-refractivity contribution in [2.24, 2.45) is 0 Å². The highest BCUT2D eigenvalue weighted by Gasteiger charge is 2.15. The van der Waals surface area contributed by atoms with Crippen LogP contribution in [0.4, 0.5) is 0 Å². The van der Waals surface area contributed by atoms with Crippen molar-refractivity contribution in [3.05, 3.63) is 18.0 Å². The van der Waals surface area contributed by atoms with Gasteiger partial charge in [-0.15, -0.1) is 0 Å². The number of ether oxygens (including phenoxy) is 1. The predicted molar refractivity (Wildman–Crippen MR) is 51.6 cm³/mol. The molecule has 14 heavy (non-hydrogen) atoms. The summed E-state index contributed by atoms with van der Waals surface area (Å²) in [7, 11) is 1.51. The fraction of sp³-hybridized carbons (Fsp3) is 0.556. The van der Waals surface area contributed by atoms with E-state index in [0.717, 1.165) is 5.56 Å². The molecule has 1 amide bonds. The van der Waals surface area contributed by atoms with Gasteiger partial charge in [-0.05, 0) is 13.8 Å². The number of carbonyl (C=O) groups excluding carboxylic acids is 1. The third-order valence-electron chi connectivity index (χ3n) is 2.10. The Balaban J connectivity index is 2.49. The lowest BCUT2D eigenvalue weighted by Gasteiger charge is -2.15. The molecule has 0 spiro atoms. The van der Waals surface area contributed by atoms with Crippen molar-refractivity contribution < 1.29 is 9.53 Å². The molecule has 0 aromatic carbocycles. The van der Waals surface area contributed by atoms with E-state index in [9.17, 15) is 4.79 Å². The molecule has 0 radical (unpaired) electrons. The van der Waals surface area contributed by atoms with Crippen molar-refractivity contribution in [2.75, 3.05) is 7.11 Å². The Labute approximate surface area is 82.8 Å². The normalized spacial score (nSPS) is 14.8. The second-order valence-corrected chi connectivity index (χ2v) is 3.14. The van der Waals surface area contributed by atoms with Gasteiger partial charge in [0.2, 0.25) is 5.91 Å². The van der Waals surface area contributed by atoms with Gasteiger partial charge in [0.05, 0.1) is 12.2 Å². The summed E-state index contributed by atoms with van der Waals surface area (Å²) in [6.45, 7) is 3.60. The zero-order valence-electron chi connectivity index (χ0n) is 8.57. The minimum atomic E-state index is -0.427. The number of rotatable bonds is 4. The van der Waals surface area contributed by atoms with Gasteiger partial charge >= 0.3 is 0 Å². The van der Waals surface area contributed by atoms with Crippen LogP contribution in [0.15, 0.2) is 12.4 Å². The van der Waals surface area contributed by atoms with Crippen molar-refractivity contribution in [1.29, 1.82) is 0 Å². The van der Waals surface area contributed by atoms with E-state index in [0.29, 0.717) is 0 Å². The highest BCUT2D eigenvalue weighted by molar-refractivity contribution is 5.80. The van der Waals surface area contributed by atoms with Gasteiger partial charge in [0, 0.05) is 18.9 Å². The zero-order chi connectivity index (χ0) is 10.6. The van der Waals surface area contributed by atoms with E-state index in [1.165, 1.54) is 7.11 Å². The molecular formula is C9H15N3O2. The Kier molecular flexibility index (Phi) is 3.64. The molecule has 0 aliphatic carbocycles. The zero-order valence-corrected chi connectivity index (χ0v) is 8.57. The van der Waals surface area contributed by atoms with E-state index in [2.05, 4.69) is 15.5 Å². The van der Waals surface area contributed by atoms with E-state index in [-0.39, 0.29) is 11.9 Å². The summed E-state index contributed by atoms with van der Waals surface area (Å²) in [5.74, 6) is -0.124. The van der Waals surface area contributed by atoms with Crippen LogP contribution in [0.1, 0.15) is 25.5 Å². The molecule has 0 aliphatic rings. The molecule has 2 N–H and O–H groups in total. The Morgan fingerprint density at radius 3 is 2.86 bits per heavy atom. The highest BCUT2D eigenvalue weighted by Crippen LogP contribution is 2.09. The van der Waals surface area contributed by atoms with Gasteiger partial charge in [0.15, 0.2) is 0 Å². The number of hydrogen-bond donors (Lipinski definition) is 2. The first kappa shape index (κ1) is 10.7. The average Bonchev–Trinajstić information content (AvgIpc) is 2.69. The van der Waals surface area contributed by atoms with Gasteiger partial charge in [0.1, 0.15) is 6.10 Å². The Bertz CT molecular complexity index is 284. The first-order chi connectivity index (χ1) is 6.65. The number of amides is 1. The van der Waals surface area contributed by atoms with Crippen LogP contribution >= 0.6 is 0 Å². The summed E-state index contributed by atoms with van der Waals surface area (Å²) in [5, 5.41) is 9.31. The second-order valence-electron chi connectivity index (χ2n) is 3.14. The smallest absolute Gasteiger partial charge is 0.249 e. The number of aromatic amines is 1. The van der Waals surface area contributed by atoms with Crippen LogP contribution in [-0.2, 0) is 9.53 Å². The second kappa shape index (κ2) is 4.76. The average molecular weight is 197 g/mol. The van der Waals surface area contributed by atoms with E-state index < -0.39 is 6.10 Å². The van der Waals surface area contributed by atoms with Gasteiger partial charge < -0.3 is 10.1 Å². The highest BCUT2D eigenvalue weighted by atomic mass is 16.5. The molecule has 1 aromatic heterocycles. The maximum Gasteiger partial charge on any atom is 0.249 e. The number of nitrogens with zero attached hydrogens (tertiary/aromatic N) is 1. The molecule has 1 heterocycles. The van der Waals surface area contributed by atoms with Crippen LogP contribution in [0, 0.1) is 0 Å². The molecule has 0 saturated carbocycles. The Morgan fingerprint density at radius 2 is 2.36 bits per heavy atom. The van der Waals surface area contributed by atoms with Gasteiger partial charge in [-0.1, -0.05) is 0 Å². The fourth-order valence-electron chi connectivity index (χ4n) is 1.02. The molecular weight excluding hydrogens is 182 g/mol. The van der Waals surface area contributed by atoms with E-state index in [1.54, 1.807) is 19.3 Å². The van der Waals surface area contributed by atoms with Crippen LogP contribution in [0.3, 0.4) is 0 Å². The number of carbonyl (C=O) groups is 1. The minimum Gasteiger partial charge on any atom is -0.372 e. The summed E-state index contributed by atoms with van der Waals surface area (Å²) in [5.41, 5.74) is 0.946. The molecule has 2 atom stereocenters. The summed E-state index contributed by atoms with van der Waals surface area (Å²) in [6, 6.07) is -0.0566. The molecule has 78 valence electrons. The van der Waals surface area contributed by atoms with Crippen LogP contribution in [0.5, 0.6) is 0 Å². The molecule has 0 fully saturated rings. The quantitative estimate of drug-likeness (QED) is 0.743. The van der Waals surface area contributed by atoms with Gasteiger partial charge in [-0.2, -0.15) is 5.10 Å². The van der Waals surface area contributed by atoms with Crippen LogP contribution in [0.25, 0.3) is 0 Å². The molecule has 0 saturated heterocycles. The topological polar surface area (TPSA) is 67.0 Å². The molecule has 1 rings (SSSR count). The lowest BCUT2D eigenvalue weighted by molar-refractivity contribution is -0.130. The van der Waals surface area contributed by atoms with Crippen LogP contribution in [0.2, 0.25) is 0 Å². The van der Waals surface area contributed by atoms with E-state index >= 15 is 0 Å². The maximum atomic E-state index is 11.4. The molecule has 5 heteroatoms. The Morgan fingerprint density at radius 1 is 1.64 bits per heavy atom. The monoisotopic (exact) mass is 197 g/mol. The SMILES string of the molecule is COC(C)C(=O)NC(C)c1cn[nH]c1. The summed E-state index contributed by atoms with van der Waals surface area (Å²) in [4.78, 5) is 11.4. The number of aromatic nitrogens is 2. The molecule has 0 bridgehead atoms. The maximum absolute atomic E-state index is 11.4. The minimum absolute atomic E-state index is 0.0566. The van der Waals surface area contributed by atoms with E-state index in [4.69, 9.17) is 4.74 Å². The third kappa shape index (κ3) is 2.56. The molecule has 1 aromatic rings. The lowest BCUT2D eigenvalue weighted by atomic mass is 10.2. The fourth-order valence-corrected chi connectivity index (χ4v) is 1.02. The Hall–Kier alpha value is -1.36. The van der Waals surface area contributed by atoms with E-state index in [1.807, 2.05) is 6.92 Å². The van der Waals surface area contributed by atoms with Crippen LogP contribution in [-0.4, -0.2) is 29.3 Å². The first-order valence-corrected chi connectivity index (χ1v) is 4.47.